The average Bonchev–Trinajstić information content (AvgIpc) is 3.03. The minimum Gasteiger partial charge on any atom is -0.481 e. The zero-order valence-corrected chi connectivity index (χ0v) is 16.2. The summed E-state index contributed by atoms with van der Waals surface area (Å²) in [4.78, 5) is 23.6. The number of amides is 1. The van der Waals surface area contributed by atoms with Crippen LogP contribution in [0.15, 0.2) is 24.4 Å². The number of aromatic nitrogens is 2. The minimum absolute atomic E-state index is 0.0164. The summed E-state index contributed by atoms with van der Waals surface area (Å²) in [6.07, 6.45) is 2.10. The Labute approximate surface area is 155 Å². The first kappa shape index (κ1) is 18.4. The molecule has 0 saturated carbocycles. The maximum atomic E-state index is 12.9. The Morgan fingerprint density at radius 3 is 2.73 bits per heavy atom. The van der Waals surface area contributed by atoms with E-state index in [1.54, 1.807) is 4.90 Å². The van der Waals surface area contributed by atoms with Gasteiger partial charge in [0.1, 0.15) is 11.6 Å². The SMILES string of the molecule is CCc1ncc2c(n1)CN(C(=O)[C@H](C)Oc1cc(C)ccc1C(C)C)C2. The fourth-order valence-corrected chi connectivity index (χ4v) is 3.24. The zero-order chi connectivity index (χ0) is 18.8. The van der Waals surface area contributed by atoms with Crippen molar-refractivity contribution in [1.82, 2.24) is 14.9 Å². The lowest BCUT2D eigenvalue weighted by Crippen LogP contribution is -2.37. The van der Waals surface area contributed by atoms with Crippen molar-refractivity contribution in [3.63, 3.8) is 0 Å². The van der Waals surface area contributed by atoms with E-state index in [9.17, 15) is 4.79 Å². The number of hydrogen-bond acceptors (Lipinski definition) is 4. The molecule has 5 heteroatoms. The van der Waals surface area contributed by atoms with Crippen LogP contribution in [0.25, 0.3) is 0 Å². The number of nitrogens with zero attached hydrogens (tertiary/aromatic N) is 3. The van der Waals surface area contributed by atoms with Crippen LogP contribution in [0, 0.1) is 6.92 Å². The van der Waals surface area contributed by atoms with Crippen molar-refractivity contribution in [2.24, 2.45) is 0 Å². The highest BCUT2D eigenvalue weighted by Gasteiger charge is 2.29. The second-order valence-electron chi connectivity index (χ2n) is 7.26. The van der Waals surface area contributed by atoms with Crippen molar-refractivity contribution in [3.8, 4) is 5.75 Å². The van der Waals surface area contributed by atoms with E-state index in [4.69, 9.17) is 4.74 Å². The van der Waals surface area contributed by atoms with Gasteiger partial charge >= 0.3 is 0 Å². The van der Waals surface area contributed by atoms with E-state index in [2.05, 4.69) is 35.9 Å². The summed E-state index contributed by atoms with van der Waals surface area (Å²) in [5.74, 6) is 1.94. The second kappa shape index (κ2) is 7.44. The molecule has 0 saturated heterocycles. The molecule has 138 valence electrons. The Morgan fingerprint density at radius 2 is 2.04 bits per heavy atom. The molecule has 0 spiro atoms. The molecule has 0 bridgehead atoms. The number of fused-ring (bicyclic) bond motifs is 1. The summed E-state index contributed by atoms with van der Waals surface area (Å²) in [5.41, 5.74) is 4.23. The summed E-state index contributed by atoms with van der Waals surface area (Å²) in [7, 11) is 0. The number of rotatable bonds is 5. The number of benzene rings is 1. The third-order valence-electron chi connectivity index (χ3n) is 4.78. The Morgan fingerprint density at radius 1 is 1.27 bits per heavy atom. The molecule has 0 fully saturated rings. The largest absolute Gasteiger partial charge is 0.481 e. The first-order valence-corrected chi connectivity index (χ1v) is 9.28. The first-order chi connectivity index (χ1) is 12.4. The lowest BCUT2D eigenvalue weighted by Gasteiger charge is -2.23. The van der Waals surface area contributed by atoms with Crippen LogP contribution in [0.1, 0.15) is 61.8 Å². The van der Waals surface area contributed by atoms with E-state index in [-0.39, 0.29) is 5.91 Å². The fourth-order valence-electron chi connectivity index (χ4n) is 3.24. The predicted molar refractivity (Wildman–Crippen MR) is 101 cm³/mol. The van der Waals surface area contributed by atoms with Crippen molar-refractivity contribution in [2.75, 3.05) is 0 Å². The molecule has 5 nitrogen and oxygen atoms in total. The molecule has 0 radical (unpaired) electrons. The minimum atomic E-state index is -0.540. The third-order valence-corrected chi connectivity index (χ3v) is 4.78. The molecule has 1 atom stereocenters. The molecule has 2 aromatic rings. The smallest absolute Gasteiger partial charge is 0.264 e. The van der Waals surface area contributed by atoms with Crippen LogP contribution >= 0.6 is 0 Å². The van der Waals surface area contributed by atoms with E-state index in [0.29, 0.717) is 19.0 Å². The van der Waals surface area contributed by atoms with Crippen LogP contribution < -0.4 is 4.74 Å². The molecule has 1 amide bonds. The molecule has 26 heavy (non-hydrogen) atoms. The van der Waals surface area contributed by atoms with Gasteiger partial charge in [-0.15, -0.1) is 0 Å². The van der Waals surface area contributed by atoms with E-state index >= 15 is 0 Å². The van der Waals surface area contributed by atoms with Gasteiger partial charge in [0.15, 0.2) is 6.10 Å². The highest BCUT2D eigenvalue weighted by Crippen LogP contribution is 2.29. The van der Waals surface area contributed by atoms with Crippen molar-refractivity contribution in [2.45, 2.75) is 66.2 Å². The van der Waals surface area contributed by atoms with Gasteiger partial charge in [-0.1, -0.05) is 32.9 Å². The van der Waals surface area contributed by atoms with E-state index in [1.807, 2.05) is 33.0 Å². The lowest BCUT2D eigenvalue weighted by molar-refractivity contribution is -0.138. The van der Waals surface area contributed by atoms with Crippen LogP contribution in [-0.4, -0.2) is 26.9 Å². The van der Waals surface area contributed by atoms with Gasteiger partial charge < -0.3 is 9.64 Å². The van der Waals surface area contributed by atoms with Crippen molar-refractivity contribution >= 4 is 5.91 Å². The Bertz CT molecular complexity index is 817. The molecule has 0 unspecified atom stereocenters. The summed E-state index contributed by atoms with van der Waals surface area (Å²) in [6, 6.07) is 6.17. The molecule has 2 heterocycles. The molecular formula is C21H27N3O2. The maximum Gasteiger partial charge on any atom is 0.264 e. The van der Waals surface area contributed by atoms with Gasteiger partial charge in [-0.3, -0.25) is 4.79 Å². The number of carbonyl (C=O) groups is 1. The predicted octanol–water partition coefficient (Wildman–Crippen LogP) is 3.78. The third kappa shape index (κ3) is 3.71. The van der Waals surface area contributed by atoms with Crippen molar-refractivity contribution < 1.29 is 9.53 Å². The van der Waals surface area contributed by atoms with Gasteiger partial charge in [-0.05, 0) is 37.0 Å². The van der Waals surface area contributed by atoms with Gasteiger partial charge in [0.05, 0.1) is 12.2 Å². The van der Waals surface area contributed by atoms with Crippen LogP contribution in [0.4, 0.5) is 0 Å². The van der Waals surface area contributed by atoms with E-state index in [1.165, 1.54) is 0 Å². The molecule has 1 aromatic carbocycles. The first-order valence-electron chi connectivity index (χ1n) is 9.28. The van der Waals surface area contributed by atoms with E-state index < -0.39 is 6.10 Å². The van der Waals surface area contributed by atoms with Gasteiger partial charge in [-0.2, -0.15) is 0 Å². The summed E-state index contributed by atoms with van der Waals surface area (Å²) in [5, 5.41) is 0. The van der Waals surface area contributed by atoms with E-state index in [0.717, 1.165) is 40.4 Å². The maximum absolute atomic E-state index is 12.9. The molecule has 0 N–H and O–H groups in total. The Kier molecular flexibility index (Phi) is 5.25. The number of hydrogen-bond donors (Lipinski definition) is 0. The Balaban J connectivity index is 1.72. The topological polar surface area (TPSA) is 55.3 Å². The molecule has 1 aromatic heterocycles. The molecule has 3 rings (SSSR count). The van der Waals surface area contributed by atoms with Gasteiger partial charge in [0.25, 0.3) is 5.91 Å². The molecular weight excluding hydrogens is 326 g/mol. The summed E-state index contributed by atoms with van der Waals surface area (Å²) >= 11 is 0. The highest BCUT2D eigenvalue weighted by atomic mass is 16.5. The zero-order valence-electron chi connectivity index (χ0n) is 16.2. The molecule has 0 aliphatic carbocycles. The number of ether oxygens (including phenoxy) is 1. The van der Waals surface area contributed by atoms with Crippen molar-refractivity contribution in [1.29, 1.82) is 0 Å². The van der Waals surface area contributed by atoms with Crippen LogP contribution in [-0.2, 0) is 24.3 Å². The van der Waals surface area contributed by atoms with Gasteiger partial charge in [0, 0.05) is 24.7 Å². The monoisotopic (exact) mass is 353 g/mol. The normalized spacial score (nSPS) is 14.5. The van der Waals surface area contributed by atoms with Gasteiger partial charge in [-0.25, -0.2) is 9.97 Å². The molecule has 1 aliphatic heterocycles. The average molecular weight is 353 g/mol. The Hall–Kier alpha value is -2.43. The highest BCUT2D eigenvalue weighted by molar-refractivity contribution is 5.81. The quantitative estimate of drug-likeness (QED) is 0.821. The standard InChI is InChI=1S/C21H27N3O2/c1-6-20-22-10-16-11-24(12-18(16)23-20)21(25)15(5)26-19-9-14(4)7-8-17(19)13(2)3/h7-10,13,15H,6,11-12H2,1-5H3/t15-/m0/s1. The van der Waals surface area contributed by atoms with Crippen molar-refractivity contribution in [3.05, 3.63) is 52.6 Å². The molecule has 1 aliphatic rings. The lowest BCUT2D eigenvalue weighted by atomic mass is 10.0. The van der Waals surface area contributed by atoms with Crippen LogP contribution in [0.3, 0.4) is 0 Å². The van der Waals surface area contributed by atoms with Gasteiger partial charge in [0.2, 0.25) is 0 Å². The van der Waals surface area contributed by atoms with Crippen LogP contribution in [0.2, 0.25) is 0 Å². The second-order valence-corrected chi connectivity index (χ2v) is 7.26. The summed E-state index contributed by atoms with van der Waals surface area (Å²) < 4.78 is 6.08. The number of aryl methyl sites for hydroxylation is 2. The number of carbonyl (C=O) groups excluding carboxylic acids is 1. The summed E-state index contributed by atoms with van der Waals surface area (Å²) in [6.45, 7) is 11.2. The van der Waals surface area contributed by atoms with Crippen LogP contribution in [0.5, 0.6) is 5.75 Å². The fraction of sp³-hybridized carbons (Fsp3) is 0.476.